The lowest BCUT2D eigenvalue weighted by Crippen LogP contribution is -2.32. The highest BCUT2D eigenvalue weighted by atomic mass is 35.5. The number of sulfonamides is 1. The molecule has 0 amide bonds. The van der Waals surface area contributed by atoms with Gasteiger partial charge in [-0.2, -0.15) is 5.10 Å². The largest absolute Gasteiger partial charge is 0.495 e. The molecule has 30 heavy (non-hydrogen) atoms. The first kappa shape index (κ1) is 21.9. The molecule has 0 aliphatic rings. The summed E-state index contributed by atoms with van der Waals surface area (Å²) >= 11 is 6.05. The van der Waals surface area contributed by atoms with Crippen molar-refractivity contribution in [3.63, 3.8) is 0 Å². The standard InChI is InChI=1S/C20H19ClFN3O4S/c1-13-11-18(29-2)16(21)12-19(13)30(27,28)23-9-10-25-20(26)8-7-17(24-25)14-3-5-15(22)6-4-14/h3-8,11-12,23H,9-10H2,1-2H3. The van der Waals surface area contributed by atoms with Crippen molar-refractivity contribution in [1.82, 2.24) is 14.5 Å². The molecule has 0 bridgehead atoms. The monoisotopic (exact) mass is 451 g/mol. The molecule has 0 aliphatic carbocycles. The van der Waals surface area contributed by atoms with E-state index in [4.69, 9.17) is 16.3 Å². The average Bonchev–Trinajstić information content (AvgIpc) is 2.71. The Morgan fingerprint density at radius 2 is 1.87 bits per heavy atom. The topological polar surface area (TPSA) is 90.3 Å². The van der Waals surface area contributed by atoms with Gasteiger partial charge in [-0.15, -0.1) is 0 Å². The van der Waals surface area contributed by atoms with Gasteiger partial charge in [0.25, 0.3) is 5.56 Å². The predicted octanol–water partition coefficient (Wildman–Crippen LogP) is 3.00. The van der Waals surface area contributed by atoms with Gasteiger partial charge in [0.2, 0.25) is 10.0 Å². The van der Waals surface area contributed by atoms with E-state index < -0.39 is 10.0 Å². The quantitative estimate of drug-likeness (QED) is 0.596. The van der Waals surface area contributed by atoms with E-state index in [1.165, 1.54) is 43.5 Å². The molecule has 0 atom stereocenters. The van der Waals surface area contributed by atoms with Gasteiger partial charge in [0, 0.05) is 18.2 Å². The van der Waals surface area contributed by atoms with Crippen LogP contribution in [0, 0.1) is 12.7 Å². The van der Waals surface area contributed by atoms with Crippen molar-refractivity contribution in [1.29, 1.82) is 0 Å². The van der Waals surface area contributed by atoms with Crippen molar-refractivity contribution in [2.45, 2.75) is 18.4 Å². The molecule has 0 saturated carbocycles. The molecule has 0 spiro atoms. The second-order valence-electron chi connectivity index (χ2n) is 6.44. The number of benzene rings is 2. The van der Waals surface area contributed by atoms with Gasteiger partial charge in [-0.05, 0) is 55.0 Å². The van der Waals surface area contributed by atoms with E-state index in [2.05, 4.69) is 9.82 Å². The zero-order valence-corrected chi connectivity index (χ0v) is 17.8. The summed E-state index contributed by atoms with van der Waals surface area (Å²) < 4.78 is 47.1. The number of halogens is 2. The zero-order valence-electron chi connectivity index (χ0n) is 16.2. The predicted molar refractivity (Wildman–Crippen MR) is 112 cm³/mol. The van der Waals surface area contributed by atoms with E-state index in [0.29, 0.717) is 22.6 Å². The molecule has 10 heteroatoms. The van der Waals surface area contributed by atoms with Crippen molar-refractivity contribution < 1.29 is 17.5 Å². The lowest BCUT2D eigenvalue weighted by Gasteiger charge is -2.12. The fourth-order valence-electron chi connectivity index (χ4n) is 2.83. The van der Waals surface area contributed by atoms with Gasteiger partial charge in [-0.3, -0.25) is 4.79 Å². The second kappa shape index (κ2) is 8.95. The van der Waals surface area contributed by atoms with Crippen LogP contribution in [0.2, 0.25) is 5.02 Å². The van der Waals surface area contributed by atoms with Crippen molar-refractivity contribution in [3.05, 3.63) is 75.3 Å². The average molecular weight is 452 g/mol. The number of ether oxygens (including phenoxy) is 1. The Balaban J connectivity index is 1.76. The summed E-state index contributed by atoms with van der Waals surface area (Å²) in [6.45, 7) is 1.58. The highest BCUT2D eigenvalue weighted by Gasteiger charge is 2.19. The van der Waals surface area contributed by atoms with Crippen LogP contribution >= 0.6 is 11.6 Å². The minimum absolute atomic E-state index is 0.00995. The lowest BCUT2D eigenvalue weighted by atomic mass is 10.1. The first-order valence-electron chi connectivity index (χ1n) is 8.89. The lowest BCUT2D eigenvalue weighted by molar-refractivity contribution is 0.414. The fourth-order valence-corrected chi connectivity index (χ4v) is 4.41. The number of hydrogen-bond donors (Lipinski definition) is 1. The Hall–Kier alpha value is -2.75. The van der Waals surface area contributed by atoms with Gasteiger partial charge in [0.1, 0.15) is 11.6 Å². The molecular weight excluding hydrogens is 433 g/mol. The van der Waals surface area contributed by atoms with Crippen LogP contribution in [0.1, 0.15) is 5.56 Å². The highest BCUT2D eigenvalue weighted by molar-refractivity contribution is 7.89. The van der Waals surface area contributed by atoms with Crippen LogP contribution in [-0.2, 0) is 16.6 Å². The van der Waals surface area contributed by atoms with E-state index in [9.17, 15) is 17.6 Å². The van der Waals surface area contributed by atoms with Crippen molar-refractivity contribution in [3.8, 4) is 17.0 Å². The normalized spacial score (nSPS) is 11.5. The van der Waals surface area contributed by atoms with Crippen LogP contribution in [-0.4, -0.2) is 31.9 Å². The van der Waals surface area contributed by atoms with Gasteiger partial charge in [-0.25, -0.2) is 22.2 Å². The Morgan fingerprint density at radius 1 is 1.17 bits per heavy atom. The molecule has 0 radical (unpaired) electrons. The van der Waals surface area contributed by atoms with E-state index in [-0.39, 0.29) is 34.4 Å². The number of hydrogen-bond acceptors (Lipinski definition) is 5. The molecule has 7 nitrogen and oxygen atoms in total. The van der Waals surface area contributed by atoms with E-state index in [0.717, 1.165) is 4.68 Å². The maximum absolute atomic E-state index is 13.1. The van der Waals surface area contributed by atoms with Crippen molar-refractivity contribution in [2.24, 2.45) is 0 Å². The summed E-state index contributed by atoms with van der Waals surface area (Å²) in [6, 6.07) is 11.4. The number of aryl methyl sites for hydroxylation is 1. The molecule has 0 aliphatic heterocycles. The van der Waals surface area contributed by atoms with Gasteiger partial charge in [0.15, 0.2) is 0 Å². The van der Waals surface area contributed by atoms with Crippen LogP contribution < -0.4 is 15.0 Å². The van der Waals surface area contributed by atoms with E-state index >= 15 is 0 Å². The highest BCUT2D eigenvalue weighted by Crippen LogP contribution is 2.30. The molecule has 3 aromatic rings. The summed E-state index contributed by atoms with van der Waals surface area (Å²) in [5.41, 5.74) is 1.19. The van der Waals surface area contributed by atoms with E-state index in [1.54, 1.807) is 19.1 Å². The molecule has 2 aromatic carbocycles. The van der Waals surface area contributed by atoms with Gasteiger partial charge in [-0.1, -0.05) is 11.6 Å². The Bertz CT molecular complexity index is 1230. The van der Waals surface area contributed by atoms with Crippen molar-refractivity contribution in [2.75, 3.05) is 13.7 Å². The summed E-state index contributed by atoms with van der Waals surface area (Å²) in [4.78, 5) is 12.1. The molecule has 1 aromatic heterocycles. The van der Waals surface area contributed by atoms with Gasteiger partial charge >= 0.3 is 0 Å². The molecule has 0 saturated heterocycles. The minimum atomic E-state index is -3.86. The molecule has 3 rings (SSSR count). The summed E-state index contributed by atoms with van der Waals surface area (Å²) in [6.07, 6.45) is 0. The SMILES string of the molecule is COc1cc(C)c(S(=O)(=O)NCCn2nc(-c3ccc(F)cc3)ccc2=O)cc1Cl. The summed E-state index contributed by atoms with van der Waals surface area (Å²) in [7, 11) is -2.42. The van der Waals surface area contributed by atoms with Crippen LogP contribution in [0.15, 0.2) is 58.2 Å². The minimum Gasteiger partial charge on any atom is -0.495 e. The smallest absolute Gasteiger partial charge is 0.266 e. The number of methoxy groups -OCH3 is 1. The zero-order chi connectivity index (χ0) is 21.9. The maximum atomic E-state index is 13.1. The van der Waals surface area contributed by atoms with Gasteiger partial charge < -0.3 is 4.74 Å². The first-order valence-corrected chi connectivity index (χ1v) is 10.8. The van der Waals surface area contributed by atoms with Crippen LogP contribution in [0.5, 0.6) is 5.75 Å². The fraction of sp³-hybridized carbons (Fsp3) is 0.200. The van der Waals surface area contributed by atoms with Crippen LogP contribution in [0.4, 0.5) is 4.39 Å². The molecule has 1 heterocycles. The van der Waals surface area contributed by atoms with Gasteiger partial charge in [0.05, 0.1) is 29.3 Å². The first-order chi connectivity index (χ1) is 14.2. The summed E-state index contributed by atoms with van der Waals surface area (Å²) in [5.74, 6) is -0.00289. The van der Waals surface area contributed by atoms with Crippen LogP contribution in [0.25, 0.3) is 11.3 Å². The molecule has 0 unspecified atom stereocenters. The number of nitrogens with one attached hydrogen (secondary N) is 1. The second-order valence-corrected chi connectivity index (χ2v) is 8.58. The molecule has 158 valence electrons. The number of nitrogens with zero attached hydrogens (tertiary/aromatic N) is 2. The van der Waals surface area contributed by atoms with Crippen LogP contribution in [0.3, 0.4) is 0 Å². The van der Waals surface area contributed by atoms with Crippen molar-refractivity contribution >= 4 is 21.6 Å². The van der Waals surface area contributed by atoms with E-state index in [1.807, 2.05) is 0 Å². The summed E-state index contributed by atoms with van der Waals surface area (Å²) in [5, 5.41) is 4.40. The molecular formula is C20H19ClFN3O4S. The molecule has 1 N–H and O–H groups in total. The third kappa shape index (κ3) is 4.86. The Morgan fingerprint density at radius 3 is 2.53 bits per heavy atom. The third-order valence-electron chi connectivity index (χ3n) is 4.36. The molecule has 0 fully saturated rings. The maximum Gasteiger partial charge on any atom is 0.266 e. The third-order valence-corrected chi connectivity index (χ3v) is 6.26. The Labute approximate surface area is 178 Å². The number of aromatic nitrogens is 2. The Kier molecular flexibility index (Phi) is 6.55. The number of rotatable bonds is 7.